The van der Waals surface area contributed by atoms with E-state index in [-0.39, 0.29) is 24.2 Å². The average molecular weight is 557 g/mol. The Morgan fingerprint density at radius 1 is 0.805 bits per heavy atom. The molecule has 8 heteroatoms. The fraction of sp³-hybridized carbons (Fsp3) is 0.394. The van der Waals surface area contributed by atoms with Crippen molar-refractivity contribution in [1.82, 2.24) is 15.3 Å². The predicted octanol–water partition coefficient (Wildman–Crippen LogP) is 4.14. The third-order valence-corrected chi connectivity index (χ3v) is 8.30. The Morgan fingerprint density at radius 2 is 1.51 bits per heavy atom. The molecule has 0 spiro atoms. The lowest BCUT2D eigenvalue weighted by Gasteiger charge is -2.06. The number of aliphatic imine (C=N–C) groups is 1. The molecule has 3 N–H and O–H groups in total. The molecule has 4 rings (SSSR count). The first-order chi connectivity index (χ1) is 19.5. The van der Waals surface area contributed by atoms with Crippen LogP contribution in [-0.2, 0) is 32.0 Å². The summed E-state index contributed by atoms with van der Waals surface area (Å²) < 4.78 is 4.90. The zero-order chi connectivity index (χ0) is 30.0. The molecular weight excluding hydrogens is 516 g/mol. The molecule has 0 atom stereocenters. The molecule has 4 heterocycles. The summed E-state index contributed by atoms with van der Waals surface area (Å²) in [6.45, 7) is 14.0. The van der Waals surface area contributed by atoms with Crippen LogP contribution in [0.2, 0.25) is 0 Å². The van der Waals surface area contributed by atoms with Crippen molar-refractivity contribution in [3.05, 3.63) is 72.3 Å². The number of rotatable bonds is 9. The molecular formula is C33H40N4O4. The van der Waals surface area contributed by atoms with Crippen LogP contribution in [-0.4, -0.2) is 40.6 Å². The summed E-state index contributed by atoms with van der Waals surface area (Å²) >= 11 is 0. The summed E-state index contributed by atoms with van der Waals surface area (Å²) in [5.74, 6) is -0.522. The van der Waals surface area contributed by atoms with Gasteiger partial charge in [0.1, 0.15) is 0 Å². The Morgan fingerprint density at radius 3 is 2.15 bits per heavy atom. The zero-order valence-corrected chi connectivity index (χ0v) is 25.3. The first-order valence-electron chi connectivity index (χ1n) is 14.3. The third kappa shape index (κ3) is 5.69. The molecule has 2 aliphatic rings. The van der Waals surface area contributed by atoms with Crippen molar-refractivity contribution in [2.75, 3.05) is 7.11 Å². The van der Waals surface area contributed by atoms with E-state index in [1.54, 1.807) is 0 Å². The van der Waals surface area contributed by atoms with E-state index < -0.39 is 0 Å². The number of ether oxygens (including phenoxy) is 1. The molecule has 216 valence electrons. The van der Waals surface area contributed by atoms with Gasteiger partial charge >= 0.3 is 5.97 Å². The van der Waals surface area contributed by atoms with Gasteiger partial charge in [-0.1, -0.05) is 20.8 Å². The minimum Gasteiger partial charge on any atom is -0.469 e. The maximum Gasteiger partial charge on any atom is 0.305 e. The number of nitrogens with one attached hydrogen (secondary N) is 3. The molecule has 8 nitrogen and oxygen atoms in total. The van der Waals surface area contributed by atoms with E-state index in [1.165, 1.54) is 12.7 Å². The lowest BCUT2D eigenvalue weighted by Crippen LogP contribution is -2.15. The smallest absolute Gasteiger partial charge is 0.305 e. The number of esters is 1. The van der Waals surface area contributed by atoms with Crippen molar-refractivity contribution >= 4 is 41.7 Å². The minimum atomic E-state index is -0.272. The lowest BCUT2D eigenvalue weighted by atomic mass is 10.0. The van der Waals surface area contributed by atoms with E-state index in [0.29, 0.717) is 12.0 Å². The number of carbonyl (C=O) groups excluding carboxylic acids is 3. The normalized spacial score (nSPS) is 17.5. The van der Waals surface area contributed by atoms with Crippen molar-refractivity contribution in [2.24, 2.45) is 4.99 Å². The van der Waals surface area contributed by atoms with E-state index in [4.69, 9.17) is 4.74 Å². The van der Waals surface area contributed by atoms with Crippen LogP contribution in [0.1, 0.15) is 87.5 Å². The van der Waals surface area contributed by atoms with Gasteiger partial charge in [-0.25, -0.2) is 4.99 Å². The third-order valence-electron chi connectivity index (χ3n) is 8.30. The van der Waals surface area contributed by atoms with Crippen LogP contribution < -0.4 is 16.0 Å². The number of amides is 2. The van der Waals surface area contributed by atoms with Crippen molar-refractivity contribution in [3.8, 4) is 0 Å². The number of allylic oxidation sites excluding steroid dienone is 2. The van der Waals surface area contributed by atoms with Crippen molar-refractivity contribution in [2.45, 2.75) is 80.6 Å². The van der Waals surface area contributed by atoms with Crippen LogP contribution in [0.25, 0.3) is 18.2 Å². The Kier molecular flexibility index (Phi) is 8.80. The van der Waals surface area contributed by atoms with Gasteiger partial charge in [-0.3, -0.25) is 14.4 Å². The Bertz CT molecular complexity index is 1690. The average Bonchev–Trinajstić information content (AvgIpc) is 3.59. The number of hydrogen-bond donors (Lipinski definition) is 3. The summed E-state index contributed by atoms with van der Waals surface area (Å²) in [5.41, 5.74) is 11.0. The van der Waals surface area contributed by atoms with Gasteiger partial charge in [-0.05, 0) is 105 Å². The van der Waals surface area contributed by atoms with Gasteiger partial charge in [0, 0.05) is 45.4 Å². The highest BCUT2D eigenvalue weighted by atomic mass is 16.5. The van der Waals surface area contributed by atoms with Gasteiger partial charge in [-0.15, -0.1) is 0 Å². The Hall–Kier alpha value is -4.20. The number of hydrogen-bond acceptors (Lipinski definition) is 4. The highest BCUT2D eigenvalue weighted by molar-refractivity contribution is 6.30. The lowest BCUT2D eigenvalue weighted by molar-refractivity contribution is -0.140. The Labute approximate surface area is 241 Å². The topological polar surface area (TPSA) is 116 Å². The van der Waals surface area contributed by atoms with Crippen molar-refractivity contribution in [3.63, 3.8) is 0 Å². The molecule has 0 aliphatic carbocycles. The second-order valence-electron chi connectivity index (χ2n) is 10.6. The molecule has 2 aromatic heterocycles. The van der Waals surface area contributed by atoms with Gasteiger partial charge < -0.3 is 20.0 Å². The van der Waals surface area contributed by atoms with E-state index in [2.05, 4.69) is 40.2 Å². The summed E-state index contributed by atoms with van der Waals surface area (Å²) in [7, 11) is 1.39. The summed E-state index contributed by atoms with van der Waals surface area (Å²) in [6, 6.07) is 0. The highest BCUT2D eigenvalue weighted by Crippen LogP contribution is 2.29. The van der Waals surface area contributed by atoms with Crippen LogP contribution in [0.15, 0.2) is 33.0 Å². The van der Waals surface area contributed by atoms with E-state index >= 15 is 0 Å². The van der Waals surface area contributed by atoms with Gasteiger partial charge in [0.2, 0.25) is 0 Å². The van der Waals surface area contributed by atoms with Gasteiger partial charge in [-0.2, -0.15) is 0 Å². The number of carbonyl (C=O) groups is 3. The largest absolute Gasteiger partial charge is 0.469 e. The molecule has 2 aromatic rings. The molecule has 2 amide bonds. The fourth-order valence-corrected chi connectivity index (χ4v) is 5.78. The highest BCUT2D eigenvalue weighted by Gasteiger charge is 2.24. The SMILES string of the molecule is CCC1=C(C)C(=O)N=C1/C=c1\[nH]/c(=C\c2[nH]c(/C=C3\NC(=O)C(C)=C3CC)c(CCC(=O)OC)c2C)c(CC)c1C. The van der Waals surface area contributed by atoms with Crippen molar-refractivity contribution < 1.29 is 19.1 Å². The minimum absolute atomic E-state index is 0.0812. The Balaban J connectivity index is 1.86. The number of aromatic nitrogens is 2. The first-order valence-corrected chi connectivity index (χ1v) is 14.3. The number of H-pyrrole nitrogens is 2. The zero-order valence-electron chi connectivity index (χ0n) is 25.3. The van der Waals surface area contributed by atoms with E-state index in [9.17, 15) is 14.4 Å². The molecule has 0 radical (unpaired) electrons. The molecule has 0 saturated carbocycles. The summed E-state index contributed by atoms with van der Waals surface area (Å²) in [5, 5.41) is 4.89. The number of methoxy groups -OCH3 is 1. The van der Waals surface area contributed by atoms with E-state index in [1.807, 2.05) is 46.8 Å². The molecule has 41 heavy (non-hydrogen) atoms. The van der Waals surface area contributed by atoms with Crippen molar-refractivity contribution in [1.29, 1.82) is 0 Å². The summed E-state index contributed by atoms with van der Waals surface area (Å²) in [4.78, 5) is 48.0. The number of nitrogens with zero attached hydrogens (tertiary/aromatic N) is 1. The molecule has 0 bridgehead atoms. The molecule has 0 fully saturated rings. The second kappa shape index (κ2) is 12.1. The monoisotopic (exact) mass is 556 g/mol. The van der Waals surface area contributed by atoms with Gasteiger partial charge in [0.15, 0.2) is 0 Å². The quantitative estimate of drug-likeness (QED) is 0.403. The van der Waals surface area contributed by atoms with Crippen LogP contribution in [0.4, 0.5) is 0 Å². The molecule has 0 unspecified atom stereocenters. The summed E-state index contributed by atoms with van der Waals surface area (Å²) in [6.07, 6.45) is 9.10. The van der Waals surface area contributed by atoms with E-state index in [0.717, 1.165) is 86.2 Å². The molecule has 0 aromatic carbocycles. The second-order valence-corrected chi connectivity index (χ2v) is 10.6. The van der Waals surface area contributed by atoms with Gasteiger partial charge in [0.05, 0.1) is 12.8 Å². The molecule has 0 saturated heterocycles. The molecule has 2 aliphatic heterocycles. The van der Waals surface area contributed by atoms with Crippen LogP contribution in [0.5, 0.6) is 0 Å². The fourth-order valence-electron chi connectivity index (χ4n) is 5.78. The number of aromatic amines is 2. The standard InChI is InChI=1S/C33H40N4O4/c1-9-21-17(4)25(15-28-22(10-2)19(6)32(39)36-28)34-27(21)14-26-18(5)24(12-13-31(38)41-8)30(35-26)16-29-23(11-3)20(7)33(40)37-29/h14-16,34-35H,9-13H2,1-8H3,(H,37,40)/b25-15-,27-14-,29-16-. The van der Waals surface area contributed by atoms with Gasteiger partial charge in [0.25, 0.3) is 11.8 Å². The maximum atomic E-state index is 12.4. The van der Waals surface area contributed by atoms with Crippen LogP contribution in [0.3, 0.4) is 0 Å². The van der Waals surface area contributed by atoms with Crippen LogP contribution >= 0.6 is 0 Å². The predicted molar refractivity (Wildman–Crippen MR) is 163 cm³/mol. The van der Waals surface area contributed by atoms with Crippen LogP contribution in [0, 0.1) is 13.8 Å². The first kappa shape index (κ1) is 29.8. The maximum absolute atomic E-state index is 12.4.